The molecule has 0 aromatic heterocycles. The number of hydrogen-bond acceptors (Lipinski definition) is 4. The van der Waals surface area contributed by atoms with E-state index in [9.17, 15) is 4.57 Å². The summed E-state index contributed by atoms with van der Waals surface area (Å²) < 4.78 is 20.0. The predicted molar refractivity (Wildman–Crippen MR) is 37.0 cm³/mol. The average Bonchev–Trinajstić information content (AvgIpc) is 1.89. The molecule has 0 bridgehead atoms. The van der Waals surface area contributed by atoms with Crippen molar-refractivity contribution >= 4 is 15.6 Å². The van der Waals surface area contributed by atoms with E-state index in [1.165, 1.54) is 14.2 Å². The van der Waals surface area contributed by atoms with Crippen molar-refractivity contribution in [3.63, 3.8) is 0 Å². The molecule has 1 unspecified atom stereocenters. The van der Waals surface area contributed by atoms with Crippen LogP contribution in [0.5, 0.6) is 0 Å². The lowest BCUT2D eigenvalue weighted by Crippen LogP contribution is -1.82. The maximum Gasteiger partial charge on any atom is 0.348 e. The van der Waals surface area contributed by atoms with Gasteiger partial charge < -0.3 is 14.2 Å². The summed E-state index contributed by atoms with van der Waals surface area (Å²) in [7, 11) is -0.481. The molecule has 0 spiro atoms. The zero-order valence-electron chi connectivity index (χ0n) is 5.33. The second-order valence-electron chi connectivity index (χ2n) is 1.18. The lowest BCUT2D eigenvalue weighted by molar-refractivity contribution is 0.292. The van der Waals surface area contributed by atoms with E-state index >= 15 is 0 Å². The fraction of sp³-hybridized carbons (Fsp3) is 1.00. The van der Waals surface area contributed by atoms with Gasteiger partial charge in [0, 0.05) is 22.5 Å². The number of rotatable bonds is 4. The van der Waals surface area contributed by atoms with Crippen molar-refractivity contribution in [3.05, 3.63) is 0 Å². The first-order chi connectivity index (χ1) is 4.18. The van der Waals surface area contributed by atoms with E-state index in [2.05, 4.69) is 9.05 Å². The molecular formula is C3H10O4P2. The van der Waals surface area contributed by atoms with Gasteiger partial charge in [-0.15, -0.1) is 0 Å². The van der Waals surface area contributed by atoms with Crippen LogP contribution in [0.3, 0.4) is 0 Å². The fourth-order valence-electron chi connectivity index (χ4n) is 0.290. The summed E-state index contributed by atoms with van der Waals surface area (Å²) in [6.07, 6.45) is -0.154. The quantitative estimate of drug-likeness (QED) is 0.643. The average molecular weight is 172 g/mol. The predicted octanol–water partition coefficient (Wildman–Crippen LogP) is 1.02. The van der Waals surface area contributed by atoms with E-state index in [1.807, 2.05) is 0 Å². The van der Waals surface area contributed by atoms with Gasteiger partial charge in [-0.25, -0.2) is 0 Å². The van der Waals surface area contributed by atoms with Crippen LogP contribution in [0.2, 0.25) is 0 Å². The van der Waals surface area contributed by atoms with E-state index < -0.39 is 7.28 Å². The highest BCUT2D eigenvalue weighted by Gasteiger charge is 2.18. The van der Waals surface area contributed by atoms with Gasteiger partial charge in [0.1, 0.15) is 0 Å². The Morgan fingerprint density at radius 3 is 2.11 bits per heavy atom. The van der Waals surface area contributed by atoms with Gasteiger partial charge in [0.05, 0.1) is 6.35 Å². The van der Waals surface area contributed by atoms with E-state index in [1.54, 1.807) is 0 Å². The van der Waals surface area contributed by atoms with Crippen molar-refractivity contribution in [2.24, 2.45) is 0 Å². The number of aliphatic hydroxyl groups excluding tert-OH is 1. The Morgan fingerprint density at radius 1 is 1.56 bits per heavy atom. The van der Waals surface area contributed by atoms with E-state index in [0.717, 1.165) is 0 Å². The summed E-state index contributed by atoms with van der Waals surface area (Å²) >= 11 is 0. The maximum atomic E-state index is 11.0. The summed E-state index contributed by atoms with van der Waals surface area (Å²) in [5.74, 6) is 0. The molecule has 0 amide bonds. The van der Waals surface area contributed by atoms with Gasteiger partial charge in [0.2, 0.25) is 0 Å². The second-order valence-corrected chi connectivity index (χ2v) is 6.13. The summed E-state index contributed by atoms with van der Waals surface area (Å²) in [5, 5.41) is 8.34. The number of hydrogen-bond donors (Lipinski definition) is 1. The molecule has 0 saturated carbocycles. The summed E-state index contributed by atoms with van der Waals surface area (Å²) in [6, 6.07) is 0. The molecule has 9 heavy (non-hydrogen) atoms. The van der Waals surface area contributed by atoms with Crippen LogP contribution >= 0.6 is 15.6 Å². The van der Waals surface area contributed by atoms with Crippen LogP contribution in [0.4, 0.5) is 0 Å². The fourth-order valence-corrected chi connectivity index (χ4v) is 2.16. The molecule has 0 aliphatic heterocycles. The van der Waals surface area contributed by atoms with Crippen LogP contribution in [0.15, 0.2) is 0 Å². The summed E-state index contributed by atoms with van der Waals surface area (Å²) in [4.78, 5) is 0. The molecule has 1 N–H and O–H groups in total. The van der Waals surface area contributed by atoms with Gasteiger partial charge >= 0.3 is 7.28 Å². The van der Waals surface area contributed by atoms with E-state index in [-0.39, 0.29) is 14.6 Å². The second kappa shape index (κ2) is 4.37. The standard InChI is InChI=1S/C3H10O4P2/c1-6-9(5,7-2)8-3-4/h4,8H,3H2,1-2H3. The molecule has 0 radical (unpaired) electrons. The highest BCUT2D eigenvalue weighted by atomic mass is 32.1. The van der Waals surface area contributed by atoms with Crippen molar-refractivity contribution < 1.29 is 18.7 Å². The minimum Gasteiger partial charge on any atom is -0.392 e. The molecule has 0 rings (SSSR count). The third kappa shape index (κ3) is 3.29. The molecule has 1 atom stereocenters. The topological polar surface area (TPSA) is 55.8 Å². The first kappa shape index (κ1) is 9.54. The lowest BCUT2D eigenvalue weighted by Gasteiger charge is -2.10. The van der Waals surface area contributed by atoms with Crippen LogP contribution in [-0.2, 0) is 13.6 Å². The van der Waals surface area contributed by atoms with Crippen molar-refractivity contribution in [1.29, 1.82) is 0 Å². The van der Waals surface area contributed by atoms with Crippen molar-refractivity contribution in [2.75, 3.05) is 20.6 Å². The van der Waals surface area contributed by atoms with Gasteiger partial charge in [-0.05, 0) is 0 Å². The summed E-state index contributed by atoms with van der Waals surface area (Å²) in [6.45, 7) is 0. The molecule has 56 valence electrons. The van der Waals surface area contributed by atoms with Crippen LogP contribution in [0.25, 0.3) is 0 Å². The first-order valence-electron chi connectivity index (χ1n) is 2.26. The molecule has 0 aliphatic rings. The monoisotopic (exact) mass is 172 g/mol. The van der Waals surface area contributed by atoms with Crippen molar-refractivity contribution in [3.8, 4) is 0 Å². The molecule has 6 heteroatoms. The van der Waals surface area contributed by atoms with E-state index in [4.69, 9.17) is 5.11 Å². The SMILES string of the molecule is COP(=O)(OC)PCO. The van der Waals surface area contributed by atoms with Crippen LogP contribution in [0, 0.1) is 0 Å². The zero-order valence-corrected chi connectivity index (χ0v) is 7.22. The van der Waals surface area contributed by atoms with Gasteiger partial charge in [0.15, 0.2) is 0 Å². The zero-order chi connectivity index (χ0) is 7.33. The molecule has 0 fully saturated rings. The first-order valence-corrected chi connectivity index (χ1v) is 5.85. The molecule has 4 nitrogen and oxygen atoms in total. The third-order valence-electron chi connectivity index (χ3n) is 0.745. The maximum absolute atomic E-state index is 11.0. The Morgan fingerprint density at radius 2 is 2.00 bits per heavy atom. The van der Waals surface area contributed by atoms with Crippen LogP contribution < -0.4 is 0 Å². The Kier molecular flexibility index (Phi) is 4.63. The largest absolute Gasteiger partial charge is 0.392 e. The Balaban J connectivity index is 3.78. The van der Waals surface area contributed by atoms with Crippen molar-refractivity contribution in [2.45, 2.75) is 0 Å². The van der Waals surface area contributed by atoms with Crippen LogP contribution in [0.1, 0.15) is 0 Å². The van der Waals surface area contributed by atoms with Crippen LogP contribution in [-0.4, -0.2) is 25.7 Å². The van der Waals surface area contributed by atoms with E-state index in [0.29, 0.717) is 0 Å². The third-order valence-corrected chi connectivity index (χ3v) is 4.92. The Bertz CT molecular complexity index is 106. The normalized spacial score (nSPS) is 13.2. The highest BCUT2D eigenvalue weighted by molar-refractivity contribution is 8.20. The summed E-state index contributed by atoms with van der Waals surface area (Å²) in [5.41, 5.74) is 0. The van der Waals surface area contributed by atoms with Gasteiger partial charge in [-0.3, -0.25) is 4.57 Å². The molecule has 0 heterocycles. The molecule has 0 aliphatic carbocycles. The van der Waals surface area contributed by atoms with Crippen molar-refractivity contribution in [1.82, 2.24) is 0 Å². The molecule has 0 saturated heterocycles. The minimum absolute atomic E-state index is 0.154. The number of aliphatic hydroxyl groups is 1. The molecular weight excluding hydrogens is 162 g/mol. The minimum atomic E-state index is -2.90. The van der Waals surface area contributed by atoms with Gasteiger partial charge in [-0.1, -0.05) is 0 Å². The van der Waals surface area contributed by atoms with Gasteiger partial charge in [0.25, 0.3) is 0 Å². The Hall–Kier alpha value is 0.540. The molecule has 0 aromatic carbocycles. The smallest absolute Gasteiger partial charge is 0.348 e. The van der Waals surface area contributed by atoms with Gasteiger partial charge in [-0.2, -0.15) is 0 Å². The molecule has 0 aromatic rings. The highest BCUT2D eigenvalue weighted by Crippen LogP contribution is 2.63. The Labute approximate surface area is 55.8 Å². The lowest BCUT2D eigenvalue weighted by atomic mass is 11.7.